The van der Waals surface area contributed by atoms with Crippen LogP contribution in [0.3, 0.4) is 0 Å². The number of piperazine rings is 1. The number of hydrogen-bond acceptors (Lipinski definition) is 8. The van der Waals surface area contributed by atoms with E-state index in [2.05, 4.69) is 37.2 Å². The van der Waals surface area contributed by atoms with Crippen molar-refractivity contribution in [2.45, 2.75) is 44.7 Å². The molecule has 1 saturated heterocycles. The number of H-pyrrole nitrogens is 1. The van der Waals surface area contributed by atoms with Gasteiger partial charge in [0.15, 0.2) is 17.3 Å². The summed E-state index contributed by atoms with van der Waals surface area (Å²) in [7, 11) is 0. The third-order valence-corrected chi connectivity index (χ3v) is 7.48. The lowest BCUT2D eigenvalue weighted by Crippen LogP contribution is -2.49. The Morgan fingerprint density at radius 2 is 1.79 bits per heavy atom. The first-order valence-corrected chi connectivity index (χ1v) is 12.4. The van der Waals surface area contributed by atoms with E-state index in [0.29, 0.717) is 36.3 Å². The summed E-state index contributed by atoms with van der Waals surface area (Å²) in [5, 5.41) is 13.9. The van der Waals surface area contributed by atoms with Crippen molar-refractivity contribution >= 4 is 10.9 Å². The molecule has 3 aromatic rings. The molecule has 0 unspecified atom stereocenters. The minimum absolute atomic E-state index is 0.118. The Kier molecular flexibility index (Phi) is 5.70. The van der Waals surface area contributed by atoms with E-state index >= 15 is 0 Å². The van der Waals surface area contributed by atoms with Crippen LogP contribution >= 0.6 is 0 Å². The molecule has 0 amide bonds. The van der Waals surface area contributed by atoms with Crippen molar-refractivity contribution in [2.24, 2.45) is 0 Å². The van der Waals surface area contributed by atoms with Gasteiger partial charge in [-0.1, -0.05) is 19.8 Å². The van der Waals surface area contributed by atoms with Crippen LogP contribution < -0.4 is 15.0 Å². The molecule has 1 aromatic carbocycles. The lowest BCUT2D eigenvalue weighted by molar-refractivity contribution is 0.107. The number of rotatable bonds is 5. The van der Waals surface area contributed by atoms with Gasteiger partial charge in [-0.25, -0.2) is 4.68 Å². The maximum atomic E-state index is 13.5. The van der Waals surface area contributed by atoms with Gasteiger partial charge in [-0.05, 0) is 41.9 Å². The zero-order valence-corrected chi connectivity index (χ0v) is 19.6. The third kappa shape index (κ3) is 3.84. The fourth-order valence-corrected chi connectivity index (χ4v) is 5.59. The maximum absolute atomic E-state index is 13.5. The average Bonchev–Trinajstić information content (AvgIpc) is 3.56. The van der Waals surface area contributed by atoms with E-state index in [1.165, 1.54) is 12.8 Å². The van der Waals surface area contributed by atoms with Crippen LogP contribution in [0.15, 0.2) is 23.0 Å². The molecule has 34 heavy (non-hydrogen) atoms. The number of nitrogens with zero attached hydrogens (tertiary/aromatic N) is 6. The van der Waals surface area contributed by atoms with Gasteiger partial charge in [0.1, 0.15) is 19.3 Å². The van der Waals surface area contributed by atoms with Crippen LogP contribution in [0.5, 0.6) is 11.5 Å². The molecule has 0 bridgehead atoms. The van der Waals surface area contributed by atoms with Crippen LogP contribution in [-0.2, 0) is 0 Å². The third-order valence-electron chi connectivity index (χ3n) is 7.48. The van der Waals surface area contributed by atoms with Gasteiger partial charge in [-0.15, -0.1) is 5.10 Å². The molecule has 1 saturated carbocycles. The standard InChI is InChI=1S/C24H31N7O3/c1-2-29-7-9-30(10-8-29)22(23-26-27-28-31(23)17-5-3-4-6-17)18-13-16-14-20-21(34-12-11-33-20)15-19(16)25-24(18)32/h13-15,17,22H,2-12H2,1H3,(H,25,32)/t22-/m0/s1. The first kappa shape index (κ1) is 21.5. The molecule has 4 heterocycles. The van der Waals surface area contributed by atoms with Gasteiger partial charge in [0.05, 0.1) is 11.6 Å². The van der Waals surface area contributed by atoms with E-state index < -0.39 is 0 Å². The largest absolute Gasteiger partial charge is 0.486 e. The normalized spacial score (nSPS) is 20.7. The Balaban J connectivity index is 1.46. The molecule has 180 valence electrons. The zero-order valence-electron chi connectivity index (χ0n) is 19.6. The number of hydrogen-bond donors (Lipinski definition) is 1. The molecule has 1 atom stereocenters. The molecular formula is C24H31N7O3. The van der Waals surface area contributed by atoms with Gasteiger partial charge < -0.3 is 19.4 Å². The van der Waals surface area contributed by atoms with Gasteiger partial charge in [-0.3, -0.25) is 9.69 Å². The van der Waals surface area contributed by atoms with Crippen molar-refractivity contribution in [1.29, 1.82) is 0 Å². The van der Waals surface area contributed by atoms with Crippen molar-refractivity contribution < 1.29 is 9.47 Å². The Hall–Kier alpha value is -2.98. The number of aromatic amines is 1. The van der Waals surface area contributed by atoms with Gasteiger partial charge in [0, 0.05) is 43.2 Å². The Labute approximate surface area is 197 Å². The first-order chi connectivity index (χ1) is 16.7. The number of pyridine rings is 1. The average molecular weight is 466 g/mol. The van der Waals surface area contributed by atoms with Gasteiger partial charge in [0.25, 0.3) is 5.56 Å². The number of ether oxygens (including phenoxy) is 2. The zero-order chi connectivity index (χ0) is 23.1. The number of aromatic nitrogens is 5. The highest BCUT2D eigenvalue weighted by molar-refractivity contribution is 5.83. The topological polar surface area (TPSA) is 101 Å². The number of benzene rings is 1. The number of likely N-dealkylation sites (N-methyl/N-ethyl adjacent to an activating group) is 1. The SMILES string of the molecule is CCN1CCN([C@@H](c2cc3cc4c(cc3[nH]c2=O)OCCO4)c2nnnn2C2CCCC2)CC1. The Bertz CT molecular complexity index is 1230. The summed E-state index contributed by atoms with van der Waals surface area (Å²) in [6.45, 7) is 7.88. The molecule has 1 N–H and O–H groups in total. The van der Waals surface area contributed by atoms with Gasteiger partial charge in [-0.2, -0.15) is 0 Å². The van der Waals surface area contributed by atoms with E-state index in [9.17, 15) is 4.79 Å². The van der Waals surface area contributed by atoms with Gasteiger partial charge >= 0.3 is 0 Å². The number of fused-ring (bicyclic) bond motifs is 2. The van der Waals surface area contributed by atoms with Crippen LogP contribution in [0, 0.1) is 0 Å². The van der Waals surface area contributed by atoms with E-state index in [0.717, 1.165) is 62.3 Å². The number of nitrogens with one attached hydrogen (secondary N) is 1. The van der Waals surface area contributed by atoms with E-state index in [1.54, 1.807) is 0 Å². The van der Waals surface area contributed by atoms with E-state index in [1.807, 2.05) is 22.9 Å². The molecule has 0 spiro atoms. The molecule has 2 aliphatic heterocycles. The first-order valence-electron chi connectivity index (χ1n) is 12.4. The van der Waals surface area contributed by atoms with Crippen molar-refractivity contribution in [1.82, 2.24) is 35.0 Å². The minimum Gasteiger partial charge on any atom is -0.486 e. The van der Waals surface area contributed by atoms with E-state index in [4.69, 9.17) is 9.47 Å². The molecule has 2 aromatic heterocycles. The highest BCUT2D eigenvalue weighted by atomic mass is 16.6. The second-order valence-corrected chi connectivity index (χ2v) is 9.43. The predicted molar refractivity (Wildman–Crippen MR) is 126 cm³/mol. The van der Waals surface area contributed by atoms with Crippen LogP contribution in [0.25, 0.3) is 10.9 Å². The Morgan fingerprint density at radius 1 is 1.06 bits per heavy atom. The molecule has 2 fully saturated rings. The lowest BCUT2D eigenvalue weighted by atomic mass is 10.0. The van der Waals surface area contributed by atoms with Crippen molar-refractivity contribution in [3.63, 3.8) is 0 Å². The van der Waals surface area contributed by atoms with Crippen molar-refractivity contribution in [3.05, 3.63) is 39.9 Å². The quantitative estimate of drug-likeness (QED) is 0.612. The summed E-state index contributed by atoms with van der Waals surface area (Å²) in [6.07, 6.45) is 4.53. The smallest absolute Gasteiger partial charge is 0.253 e. The van der Waals surface area contributed by atoms with Crippen LogP contribution in [0.1, 0.15) is 56.1 Å². The van der Waals surface area contributed by atoms with Crippen LogP contribution in [0.4, 0.5) is 0 Å². The summed E-state index contributed by atoms with van der Waals surface area (Å²) >= 11 is 0. The minimum atomic E-state index is -0.309. The summed E-state index contributed by atoms with van der Waals surface area (Å²) in [5.74, 6) is 2.14. The number of tetrazole rings is 1. The molecule has 10 nitrogen and oxygen atoms in total. The molecule has 6 rings (SSSR count). The van der Waals surface area contributed by atoms with Crippen molar-refractivity contribution in [3.8, 4) is 11.5 Å². The fourth-order valence-electron chi connectivity index (χ4n) is 5.59. The molecule has 3 aliphatic rings. The lowest BCUT2D eigenvalue weighted by Gasteiger charge is -2.38. The molecule has 10 heteroatoms. The summed E-state index contributed by atoms with van der Waals surface area (Å²) in [4.78, 5) is 21.4. The fraction of sp³-hybridized carbons (Fsp3) is 0.583. The second-order valence-electron chi connectivity index (χ2n) is 9.43. The Morgan fingerprint density at radius 3 is 2.53 bits per heavy atom. The van der Waals surface area contributed by atoms with E-state index in [-0.39, 0.29) is 11.6 Å². The summed E-state index contributed by atoms with van der Waals surface area (Å²) in [6, 6.07) is 5.77. The second kappa shape index (κ2) is 8.99. The van der Waals surface area contributed by atoms with Crippen LogP contribution in [-0.4, -0.2) is 80.9 Å². The highest BCUT2D eigenvalue weighted by Gasteiger charge is 2.34. The molecular weight excluding hydrogens is 434 g/mol. The summed E-state index contributed by atoms with van der Waals surface area (Å²) in [5.41, 5.74) is 1.29. The summed E-state index contributed by atoms with van der Waals surface area (Å²) < 4.78 is 13.5. The van der Waals surface area contributed by atoms with Crippen LogP contribution in [0.2, 0.25) is 0 Å². The molecule has 0 radical (unpaired) electrons. The molecule has 1 aliphatic carbocycles. The highest BCUT2D eigenvalue weighted by Crippen LogP contribution is 2.36. The maximum Gasteiger partial charge on any atom is 0.253 e. The monoisotopic (exact) mass is 465 g/mol. The predicted octanol–water partition coefficient (Wildman–Crippen LogP) is 2.13. The van der Waals surface area contributed by atoms with Crippen molar-refractivity contribution in [2.75, 3.05) is 45.9 Å². The van der Waals surface area contributed by atoms with Gasteiger partial charge in [0.2, 0.25) is 0 Å².